The number of piperidine rings is 1. The molecule has 1 saturated heterocycles. The Hall–Kier alpha value is -1.28. The molecule has 1 heterocycles. The van der Waals surface area contributed by atoms with E-state index in [9.17, 15) is 4.79 Å². The molecule has 0 aromatic rings. The summed E-state index contributed by atoms with van der Waals surface area (Å²) in [5, 5.41) is 12.1. The number of hydrogen-bond acceptors (Lipinski definition) is 3. The monoisotopic (exact) mass is 238 g/mol. The van der Waals surface area contributed by atoms with Gasteiger partial charge in [0.1, 0.15) is 0 Å². The van der Waals surface area contributed by atoms with Crippen LogP contribution in [0.4, 0.5) is 4.79 Å². The van der Waals surface area contributed by atoms with Gasteiger partial charge in [-0.25, -0.2) is 4.79 Å². The predicted octanol–water partition coefficient (Wildman–Crippen LogP) is 0.882. The molecule has 0 aromatic heterocycles. The molecule has 0 saturated carbocycles. The lowest BCUT2D eigenvalue weighted by atomic mass is 10.0. The second kappa shape index (κ2) is 6.45. The van der Waals surface area contributed by atoms with E-state index in [1.165, 1.54) is 0 Å². The average Bonchev–Trinajstić information content (AvgIpc) is 2.35. The molecule has 1 unspecified atom stereocenters. The SMILES string of the molecule is CC(C#N)CNC1CCN(C(=O)N(C)C)CC1. The minimum absolute atomic E-state index is 0.0523. The molecule has 1 rings (SSSR count). The second-order valence-electron chi connectivity index (χ2n) is 4.88. The lowest BCUT2D eigenvalue weighted by molar-refractivity contribution is 0.152. The highest BCUT2D eigenvalue weighted by Crippen LogP contribution is 2.11. The maximum atomic E-state index is 11.7. The standard InChI is InChI=1S/C12H22N4O/c1-10(8-13)9-14-11-4-6-16(7-5-11)12(17)15(2)3/h10-11,14H,4-7,9H2,1-3H3. The number of rotatable bonds is 3. The minimum Gasteiger partial charge on any atom is -0.331 e. The molecule has 5 nitrogen and oxygen atoms in total. The Balaban J connectivity index is 2.27. The van der Waals surface area contributed by atoms with Crippen LogP contribution in [0.15, 0.2) is 0 Å². The average molecular weight is 238 g/mol. The van der Waals surface area contributed by atoms with Crippen molar-refractivity contribution in [3.8, 4) is 6.07 Å². The Kier molecular flexibility index (Phi) is 5.23. The number of nitrogens with one attached hydrogen (secondary N) is 1. The van der Waals surface area contributed by atoms with Crippen LogP contribution in [0, 0.1) is 17.2 Å². The van der Waals surface area contributed by atoms with Crippen molar-refractivity contribution in [3.63, 3.8) is 0 Å². The van der Waals surface area contributed by atoms with E-state index in [-0.39, 0.29) is 11.9 Å². The van der Waals surface area contributed by atoms with Crippen molar-refractivity contribution in [2.75, 3.05) is 33.7 Å². The quantitative estimate of drug-likeness (QED) is 0.794. The zero-order valence-electron chi connectivity index (χ0n) is 10.9. The molecular formula is C12H22N4O. The predicted molar refractivity (Wildman–Crippen MR) is 66.5 cm³/mol. The third kappa shape index (κ3) is 4.23. The van der Waals surface area contributed by atoms with Gasteiger partial charge < -0.3 is 15.1 Å². The topological polar surface area (TPSA) is 59.4 Å². The van der Waals surface area contributed by atoms with Crippen LogP contribution in [0.3, 0.4) is 0 Å². The summed E-state index contributed by atoms with van der Waals surface area (Å²) in [5.74, 6) is 0.0523. The molecule has 0 bridgehead atoms. The summed E-state index contributed by atoms with van der Waals surface area (Å²) in [4.78, 5) is 15.2. The van der Waals surface area contributed by atoms with E-state index in [1.807, 2.05) is 11.8 Å². The third-order valence-corrected chi connectivity index (χ3v) is 3.08. The van der Waals surface area contributed by atoms with Crippen LogP contribution in [-0.4, -0.2) is 55.6 Å². The summed E-state index contributed by atoms with van der Waals surface area (Å²) in [7, 11) is 3.56. The fourth-order valence-electron chi connectivity index (χ4n) is 1.95. The number of nitriles is 1. The highest BCUT2D eigenvalue weighted by atomic mass is 16.2. The zero-order valence-corrected chi connectivity index (χ0v) is 10.9. The van der Waals surface area contributed by atoms with Gasteiger partial charge in [-0.1, -0.05) is 0 Å². The molecule has 1 aliphatic rings. The fourth-order valence-corrected chi connectivity index (χ4v) is 1.95. The Bertz CT molecular complexity index is 289. The first-order valence-electron chi connectivity index (χ1n) is 6.13. The Labute approximate surface area is 103 Å². The minimum atomic E-state index is 0.0523. The Morgan fingerprint density at radius 1 is 1.53 bits per heavy atom. The van der Waals surface area contributed by atoms with E-state index in [2.05, 4.69) is 11.4 Å². The van der Waals surface area contributed by atoms with Gasteiger partial charge in [0, 0.05) is 39.8 Å². The number of amides is 2. The van der Waals surface area contributed by atoms with Gasteiger partial charge in [-0.05, 0) is 19.8 Å². The van der Waals surface area contributed by atoms with Crippen LogP contribution >= 0.6 is 0 Å². The summed E-state index contributed by atoms with van der Waals surface area (Å²) in [6.45, 7) is 4.26. The molecule has 1 N–H and O–H groups in total. The van der Waals surface area contributed by atoms with E-state index in [0.29, 0.717) is 6.04 Å². The summed E-state index contributed by atoms with van der Waals surface area (Å²) in [5.41, 5.74) is 0. The van der Waals surface area contributed by atoms with Crippen molar-refractivity contribution in [1.82, 2.24) is 15.1 Å². The smallest absolute Gasteiger partial charge is 0.319 e. The summed E-state index contributed by atoms with van der Waals surface area (Å²) in [6, 6.07) is 2.75. The van der Waals surface area contributed by atoms with Gasteiger partial charge in [-0.15, -0.1) is 0 Å². The molecule has 0 aromatic carbocycles. The van der Waals surface area contributed by atoms with Crippen LogP contribution in [0.1, 0.15) is 19.8 Å². The summed E-state index contributed by atoms with van der Waals surface area (Å²) in [6.07, 6.45) is 1.94. The molecular weight excluding hydrogens is 216 g/mol. The van der Waals surface area contributed by atoms with E-state index in [1.54, 1.807) is 19.0 Å². The van der Waals surface area contributed by atoms with Crippen LogP contribution in [-0.2, 0) is 0 Å². The molecule has 5 heteroatoms. The van der Waals surface area contributed by atoms with Gasteiger partial charge in [0.05, 0.1) is 12.0 Å². The molecule has 1 atom stereocenters. The molecule has 1 fully saturated rings. The van der Waals surface area contributed by atoms with E-state index >= 15 is 0 Å². The van der Waals surface area contributed by atoms with Gasteiger partial charge in [0.2, 0.25) is 0 Å². The summed E-state index contributed by atoms with van der Waals surface area (Å²) >= 11 is 0. The van der Waals surface area contributed by atoms with Crippen LogP contribution in [0.25, 0.3) is 0 Å². The Morgan fingerprint density at radius 3 is 2.59 bits per heavy atom. The van der Waals surface area contributed by atoms with Crippen LogP contribution < -0.4 is 5.32 Å². The number of nitrogens with zero attached hydrogens (tertiary/aromatic N) is 3. The summed E-state index contributed by atoms with van der Waals surface area (Å²) < 4.78 is 0. The molecule has 2 amide bonds. The molecule has 1 aliphatic heterocycles. The number of likely N-dealkylation sites (tertiary alicyclic amines) is 1. The molecule has 0 radical (unpaired) electrons. The van der Waals surface area contributed by atoms with Gasteiger partial charge in [-0.3, -0.25) is 0 Å². The van der Waals surface area contributed by atoms with Crippen molar-refractivity contribution in [2.24, 2.45) is 5.92 Å². The zero-order chi connectivity index (χ0) is 12.8. The molecule has 17 heavy (non-hydrogen) atoms. The maximum Gasteiger partial charge on any atom is 0.319 e. The van der Waals surface area contributed by atoms with Gasteiger partial charge in [0.15, 0.2) is 0 Å². The van der Waals surface area contributed by atoms with Crippen molar-refractivity contribution in [3.05, 3.63) is 0 Å². The second-order valence-corrected chi connectivity index (χ2v) is 4.88. The fraction of sp³-hybridized carbons (Fsp3) is 0.833. The van der Waals surface area contributed by atoms with E-state index in [0.717, 1.165) is 32.5 Å². The van der Waals surface area contributed by atoms with Crippen LogP contribution in [0.2, 0.25) is 0 Å². The lowest BCUT2D eigenvalue weighted by Gasteiger charge is -2.34. The largest absolute Gasteiger partial charge is 0.331 e. The number of carbonyl (C=O) groups is 1. The van der Waals surface area contributed by atoms with Crippen molar-refractivity contribution in [2.45, 2.75) is 25.8 Å². The van der Waals surface area contributed by atoms with Crippen molar-refractivity contribution in [1.29, 1.82) is 5.26 Å². The highest BCUT2D eigenvalue weighted by molar-refractivity contribution is 5.73. The van der Waals surface area contributed by atoms with Gasteiger partial charge in [0.25, 0.3) is 0 Å². The molecule has 96 valence electrons. The lowest BCUT2D eigenvalue weighted by Crippen LogP contribution is -2.48. The first kappa shape index (κ1) is 13.8. The number of hydrogen-bond donors (Lipinski definition) is 1. The van der Waals surface area contributed by atoms with Gasteiger partial charge >= 0.3 is 6.03 Å². The van der Waals surface area contributed by atoms with Crippen LogP contribution in [0.5, 0.6) is 0 Å². The van der Waals surface area contributed by atoms with E-state index < -0.39 is 0 Å². The first-order valence-corrected chi connectivity index (χ1v) is 6.13. The Morgan fingerprint density at radius 2 is 2.12 bits per heavy atom. The highest BCUT2D eigenvalue weighted by Gasteiger charge is 2.23. The van der Waals surface area contributed by atoms with Gasteiger partial charge in [-0.2, -0.15) is 5.26 Å². The number of carbonyl (C=O) groups excluding carboxylic acids is 1. The molecule has 0 aliphatic carbocycles. The van der Waals surface area contributed by atoms with Crippen molar-refractivity contribution >= 4 is 6.03 Å². The third-order valence-electron chi connectivity index (χ3n) is 3.08. The normalized spacial score (nSPS) is 18.6. The van der Waals surface area contributed by atoms with Crippen molar-refractivity contribution < 1.29 is 4.79 Å². The number of urea groups is 1. The van der Waals surface area contributed by atoms with E-state index in [4.69, 9.17) is 5.26 Å². The maximum absolute atomic E-state index is 11.7. The first-order chi connectivity index (χ1) is 8.04. The molecule has 0 spiro atoms.